The van der Waals surface area contributed by atoms with E-state index in [1.807, 2.05) is 12.1 Å². The molecule has 1 unspecified atom stereocenters. The van der Waals surface area contributed by atoms with Gasteiger partial charge in [0.1, 0.15) is 5.78 Å². The number of pyridine rings is 1. The fourth-order valence-corrected chi connectivity index (χ4v) is 4.51. The second-order valence-electron chi connectivity index (χ2n) is 6.96. The van der Waals surface area contributed by atoms with Crippen LogP contribution in [-0.2, 0) is 4.79 Å². The molecule has 0 amide bonds. The Morgan fingerprint density at radius 1 is 1.04 bits per heavy atom. The molecule has 1 saturated carbocycles. The summed E-state index contributed by atoms with van der Waals surface area (Å²) >= 11 is 1.54. The lowest BCUT2D eigenvalue weighted by atomic mass is 9.99. The van der Waals surface area contributed by atoms with Gasteiger partial charge in [-0.3, -0.25) is 14.3 Å². The summed E-state index contributed by atoms with van der Waals surface area (Å²) in [6, 6.07) is 10.2. The molecule has 0 N–H and O–H groups in total. The summed E-state index contributed by atoms with van der Waals surface area (Å²) < 4.78 is 2.06. The van der Waals surface area contributed by atoms with Gasteiger partial charge in [0, 0.05) is 24.4 Å². The van der Waals surface area contributed by atoms with Gasteiger partial charge in [-0.15, -0.1) is 10.2 Å². The fourth-order valence-electron chi connectivity index (χ4n) is 3.33. The van der Waals surface area contributed by atoms with Crippen molar-refractivity contribution in [2.75, 3.05) is 0 Å². The third-order valence-corrected chi connectivity index (χ3v) is 6.32. The van der Waals surface area contributed by atoms with Crippen molar-refractivity contribution in [3.8, 4) is 17.1 Å². The van der Waals surface area contributed by atoms with Crippen molar-refractivity contribution in [1.82, 2.24) is 19.7 Å². The van der Waals surface area contributed by atoms with E-state index in [4.69, 9.17) is 0 Å². The molecule has 2 aromatic heterocycles. The van der Waals surface area contributed by atoms with Crippen molar-refractivity contribution in [3.63, 3.8) is 0 Å². The Hall–Kier alpha value is -2.47. The Morgan fingerprint density at radius 2 is 1.85 bits per heavy atom. The van der Waals surface area contributed by atoms with Crippen LogP contribution < -0.4 is 0 Å². The van der Waals surface area contributed by atoms with Crippen LogP contribution in [-0.4, -0.2) is 30.8 Å². The molecule has 0 aliphatic heterocycles. The third kappa shape index (κ3) is 3.67. The van der Waals surface area contributed by atoms with Gasteiger partial charge in [0.25, 0.3) is 0 Å². The minimum atomic E-state index is -0.0291. The standard InChI is InChI=1S/C21H22N4OS/c1-14-7-8-17(13-15(14)2)25-20(16-9-11-22-12-10-16)23-24-21(25)27-19-6-4-3-5-18(19)26/h7-13,19H,3-6H2,1-2H3. The number of carbonyl (C=O) groups excluding carboxylic acids is 1. The largest absolute Gasteiger partial charge is 0.298 e. The number of Topliss-reactive ketones (excluding diaryl/α,β-unsaturated/α-hetero) is 1. The van der Waals surface area contributed by atoms with E-state index in [0.29, 0.717) is 12.2 Å². The summed E-state index contributed by atoms with van der Waals surface area (Å²) in [6.07, 6.45) is 7.19. The van der Waals surface area contributed by atoms with Gasteiger partial charge in [0.2, 0.25) is 0 Å². The predicted molar refractivity (Wildman–Crippen MR) is 107 cm³/mol. The maximum absolute atomic E-state index is 12.3. The van der Waals surface area contributed by atoms with Crippen LogP contribution in [0.4, 0.5) is 0 Å². The zero-order valence-electron chi connectivity index (χ0n) is 15.6. The number of thioether (sulfide) groups is 1. The van der Waals surface area contributed by atoms with Gasteiger partial charge in [-0.25, -0.2) is 0 Å². The lowest BCUT2D eigenvalue weighted by Crippen LogP contribution is -2.21. The molecule has 1 atom stereocenters. The number of aryl methyl sites for hydroxylation is 2. The van der Waals surface area contributed by atoms with Crippen molar-refractivity contribution < 1.29 is 4.79 Å². The minimum absolute atomic E-state index is 0.0291. The molecule has 27 heavy (non-hydrogen) atoms. The number of carbonyl (C=O) groups is 1. The van der Waals surface area contributed by atoms with E-state index in [2.05, 4.69) is 51.8 Å². The third-order valence-electron chi connectivity index (χ3n) is 5.07. The van der Waals surface area contributed by atoms with Crippen molar-refractivity contribution in [3.05, 3.63) is 53.9 Å². The van der Waals surface area contributed by atoms with Crippen LogP contribution in [0.25, 0.3) is 17.1 Å². The molecule has 5 nitrogen and oxygen atoms in total. The van der Waals surface area contributed by atoms with E-state index in [9.17, 15) is 4.79 Å². The quantitative estimate of drug-likeness (QED) is 0.666. The van der Waals surface area contributed by atoms with Crippen LogP contribution in [0.3, 0.4) is 0 Å². The Kier molecular flexibility index (Phi) is 5.07. The highest BCUT2D eigenvalue weighted by atomic mass is 32.2. The number of ketones is 1. The molecule has 0 radical (unpaired) electrons. The van der Waals surface area contributed by atoms with Crippen molar-refractivity contribution in [1.29, 1.82) is 0 Å². The van der Waals surface area contributed by atoms with Crippen LogP contribution in [0, 0.1) is 13.8 Å². The predicted octanol–water partition coefficient (Wildman–Crippen LogP) is 4.55. The fraction of sp³-hybridized carbons (Fsp3) is 0.333. The van der Waals surface area contributed by atoms with Crippen LogP contribution >= 0.6 is 11.8 Å². The monoisotopic (exact) mass is 378 g/mol. The minimum Gasteiger partial charge on any atom is -0.298 e. The Bertz CT molecular complexity index is 968. The zero-order valence-corrected chi connectivity index (χ0v) is 16.4. The SMILES string of the molecule is Cc1ccc(-n2c(SC3CCCCC3=O)nnc2-c2ccncc2)cc1C. The highest BCUT2D eigenvalue weighted by Crippen LogP contribution is 2.34. The maximum Gasteiger partial charge on any atom is 0.196 e. The molecular weight excluding hydrogens is 356 g/mol. The van der Waals surface area contributed by atoms with Gasteiger partial charge < -0.3 is 0 Å². The maximum atomic E-state index is 12.3. The van der Waals surface area contributed by atoms with Crippen molar-refractivity contribution >= 4 is 17.5 Å². The number of benzene rings is 1. The first kappa shape index (κ1) is 17.9. The molecule has 1 fully saturated rings. The average molecular weight is 379 g/mol. The van der Waals surface area contributed by atoms with Gasteiger partial charge in [0.05, 0.1) is 10.9 Å². The van der Waals surface area contributed by atoms with E-state index < -0.39 is 0 Å². The van der Waals surface area contributed by atoms with Crippen molar-refractivity contribution in [2.24, 2.45) is 0 Å². The molecule has 0 bridgehead atoms. The Balaban J connectivity index is 1.80. The highest BCUT2D eigenvalue weighted by molar-refractivity contribution is 8.00. The van der Waals surface area contributed by atoms with Crippen LogP contribution in [0.5, 0.6) is 0 Å². The zero-order chi connectivity index (χ0) is 18.8. The molecule has 3 aromatic rings. The van der Waals surface area contributed by atoms with E-state index in [1.165, 1.54) is 11.1 Å². The van der Waals surface area contributed by atoms with Gasteiger partial charge in [-0.05, 0) is 62.1 Å². The molecule has 2 heterocycles. The number of hydrogen-bond donors (Lipinski definition) is 0. The average Bonchev–Trinajstić information content (AvgIpc) is 3.10. The smallest absolute Gasteiger partial charge is 0.196 e. The topological polar surface area (TPSA) is 60.7 Å². The first-order chi connectivity index (χ1) is 13.1. The van der Waals surface area contributed by atoms with E-state index >= 15 is 0 Å². The highest BCUT2D eigenvalue weighted by Gasteiger charge is 2.27. The van der Waals surface area contributed by atoms with Crippen LogP contribution in [0.15, 0.2) is 47.9 Å². The summed E-state index contributed by atoms with van der Waals surface area (Å²) in [6.45, 7) is 4.21. The molecule has 1 aliphatic carbocycles. The van der Waals surface area contributed by atoms with Gasteiger partial charge >= 0.3 is 0 Å². The molecular formula is C21H22N4OS. The summed E-state index contributed by atoms with van der Waals surface area (Å²) in [5.74, 6) is 1.10. The molecule has 1 aromatic carbocycles. The summed E-state index contributed by atoms with van der Waals surface area (Å²) in [5, 5.41) is 9.65. The molecule has 6 heteroatoms. The van der Waals surface area contributed by atoms with Gasteiger partial charge in [-0.1, -0.05) is 24.2 Å². The second kappa shape index (κ2) is 7.64. The summed E-state index contributed by atoms with van der Waals surface area (Å²) in [7, 11) is 0. The molecule has 138 valence electrons. The first-order valence-electron chi connectivity index (χ1n) is 9.26. The molecule has 1 aliphatic rings. The van der Waals surface area contributed by atoms with Gasteiger partial charge in [0.15, 0.2) is 11.0 Å². The Labute approximate surface area is 163 Å². The summed E-state index contributed by atoms with van der Waals surface area (Å²) in [4.78, 5) is 16.4. The van der Waals surface area contributed by atoms with Crippen molar-refractivity contribution in [2.45, 2.75) is 49.9 Å². The molecule has 0 saturated heterocycles. The number of hydrogen-bond acceptors (Lipinski definition) is 5. The number of rotatable bonds is 4. The molecule has 0 spiro atoms. The summed E-state index contributed by atoms with van der Waals surface area (Å²) in [5.41, 5.74) is 4.43. The van der Waals surface area contributed by atoms with E-state index in [1.54, 1.807) is 24.2 Å². The second-order valence-corrected chi connectivity index (χ2v) is 8.13. The van der Waals surface area contributed by atoms with E-state index in [0.717, 1.165) is 41.5 Å². The lowest BCUT2D eigenvalue weighted by Gasteiger charge is -2.20. The van der Waals surface area contributed by atoms with E-state index in [-0.39, 0.29) is 5.25 Å². The number of nitrogens with zero attached hydrogens (tertiary/aromatic N) is 4. The Morgan fingerprint density at radius 3 is 2.59 bits per heavy atom. The van der Waals surface area contributed by atoms with Crippen LogP contribution in [0.2, 0.25) is 0 Å². The van der Waals surface area contributed by atoms with Crippen LogP contribution in [0.1, 0.15) is 36.8 Å². The lowest BCUT2D eigenvalue weighted by molar-refractivity contribution is -0.119. The normalized spacial score (nSPS) is 17.3. The molecule has 4 rings (SSSR count). The van der Waals surface area contributed by atoms with Gasteiger partial charge in [-0.2, -0.15) is 0 Å². The first-order valence-corrected chi connectivity index (χ1v) is 10.1. The number of aromatic nitrogens is 4.